The lowest BCUT2D eigenvalue weighted by Gasteiger charge is -2.21. The van der Waals surface area contributed by atoms with E-state index in [1.165, 1.54) is 9.47 Å². The molecule has 0 spiro atoms. The number of carboxylic acid groups (broad SMARTS) is 1. The Hall–Kier alpha value is -4.15. The number of Topliss-reactive ketones (excluding diaryl/α,β-unsaturated/α-hetero) is 1. The van der Waals surface area contributed by atoms with Crippen LogP contribution >= 0.6 is 0 Å². The SMILES string of the molecule is CC(C)=CCn1c(N2CC3CN(C(=O)O)CC3C2)nc2c1c(=O)n(CC(=O)c1ccccc1)c(=O)n2C. The second-order valence-corrected chi connectivity index (χ2v) is 10.1. The van der Waals surface area contributed by atoms with Gasteiger partial charge in [0.1, 0.15) is 0 Å². The lowest BCUT2D eigenvalue weighted by atomic mass is 10.0. The first-order chi connectivity index (χ1) is 17.7. The minimum atomic E-state index is -0.905. The molecule has 1 amide bonds. The average molecular weight is 507 g/mol. The van der Waals surface area contributed by atoms with Crippen LogP contribution in [0.1, 0.15) is 24.2 Å². The maximum Gasteiger partial charge on any atom is 0.407 e. The number of nitrogens with zero attached hydrogens (tertiary/aromatic N) is 6. The Kier molecular flexibility index (Phi) is 6.22. The molecule has 11 nitrogen and oxygen atoms in total. The predicted molar refractivity (Wildman–Crippen MR) is 138 cm³/mol. The van der Waals surface area contributed by atoms with Gasteiger partial charge in [0.25, 0.3) is 5.56 Å². The van der Waals surface area contributed by atoms with Crippen LogP contribution in [0.5, 0.6) is 0 Å². The van der Waals surface area contributed by atoms with Crippen LogP contribution in [0.4, 0.5) is 10.7 Å². The fourth-order valence-corrected chi connectivity index (χ4v) is 5.36. The lowest BCUT2D eigenvalue weighted by molar-refractivity contribution is 0.0968. The number of likely N-dealkylation sites (tertiary alicyclic amines) is 1. The van der Waals surface area contributed by atoms with Crippen molar-refractivity contribution < 1.29 is 14.7 Å². The van der Waals surface area contributed by atoms with Crippen LogP contribution < -0.4 is 16.1 Å². The quantitative estimate of drug-likeness (QED) is 0.399. The molecule has 1 aromatic carbocycles. The summed E-state index contributed by atoms with van der Waals surface area (Å²) in [6, 6.07) is 8.58. The molecule has 2 aliphatic heterocycles. The number of benzene rings is 1. The molecule has 2 aromatic heterocycles. The molecular weight excluding hydrogens is 476 g/mol. The van der Waals surface area contributed by atoms with Crippen LogP contribution in [0.3, 0.4) is 0 Å². The van der Waals surface area contributed by atoms with E-state index in [1.807, 2.05) is 24.5 Å². The van der Waals surface area contributed by atoms with E-state index in [0.717, 1.165) is 10.1 Å². The molecular formula is C26H30N6O5. The first kappa shape index (κ1) is 24.5. The highest BCUT2D eigenvalue weighted by molar-refractivity contribution is 5.96. The highest BCUT2D eigenvalue weighted by Gasteiger charge is 2.43. The molecule has 2 aliphatic rings. The van der Waals surface area contributed by atoms with Crippen molar-refractivity contribution in [2.45, 2.75) is 26.9 Å². The number of carbonyl (C=O) groups is 2. The summed E-state index contributed by atoms with van der Waals surface area (Å²) in [4.78, 5) is 59.4. The van der Waals surface area contributed by atoms with Crippen LogP contribution in [-0.4, -0.2) is 66.7 Å². The van der Waals surface area contributed by atoms with E-state index in [-0.39, 0.29) is 35.3 Å². The minimum Gasteiger partial charge on any atom is -0.465 e. The zero-order valence-electron chi connectivity index (χ0n) is 21.1. The maximum absolute atomic E-state index is 13.7. The molecule has 3 aromatic rings. The summed E-state index contributed by atoms with van der Waals surface area (Å²) in [7, 11) is 1.55. The Morgan fingerprint density at radius 2 is 1.68 bits per heavy atom. The number of aromatic nitrogens is 4. The zero-order valence-corrected chi connectivity index (χ0v) is 21.1. The first-order valence-corrected chi connectivity index (χ1v) is 12.3. The van der Waals surface area contributed by atoms with Crippen molar-refractivity contribution in [3.63, 3.8) is 0 Å². The molecule has 0 bridgehead atoms. The number of rotatable bonds is 6. The number of hydrogen-bond donors (Lipinski definition) is 1. The van der Waals surface area contributed by atoms with Gasteiger partial charge < -0.3 is 19.5 Å². The second-order valence-electron chi connectivity index (χ2n) is 10.1. The molecule has 11 heteroatoms. The van der Waals surface area contributed by atoms with Crippen LogP contribution in [0.2, 0.25) is 0 Å². The normalized spacial score (nSPS) is 18.9. The molecule has 0 saturated carbocycles. The van der Waals surface area contributed by atoms with E-state index in [4.69, 9.17) is 4.98 Å². The summed E-state index contributed by atoms with van der Waals surface area (Å²) in [5.74, 6) is 0.599. The number of ketones is 1. The molecule has 4 heterocycles. The summed E-state index contributed by atoms with van der Waals surface area (Å²) in [5, 5.41) is 9.36. The molecule has 2 saturated heterocycles. The van der Waals surface area contributed by atoms with Crippen molar-refractivity contribution in [1.29, 1.82) is 0 Å². The Bertz CT molecular complexity index is 1510. The molecule has 1 N–H and O–H groups in total. The number of amides is 1. The number of aryl methyl sites for hydroxylation is 1. The third-order valence-corrected chi connectivity index (χ3v) is 7.33. The van der Waals surface area contributed by atoms with Crippen molar-refractivity contribution >= 4 is 29.0 Å². The monoisotopic (exact) mass is 506 g/mol. The third-order valence-electron chi connectivity index (χ3n) is 7.33. The number of anilines is 1. The number of fused-ring (bicyclic) bond motifs is 2. The summed E-state index contributed by atoms with van der Waals surface area (Å²) < 4.78 is 4.11. The number of carbonyl (C=O) groups excluding carboxylic acids is 1. The number of hydrogen-bond acceptors (Lipinski definition) is 6. The van der Waals surface area contributed by atoms with Crippen LogP contribution in [0, 0.1) is 11.8 Å². The van der Waals surface area contributed by atoms with Gasteiger partial charge >= 0.3 is 11.8 Å². The number of imidazole rings is 1. The summed E-state index contributed by atoms with van der Waals surface area (Å²) in [5.41, 5.74) is 0.858. The fraction of sp³-hybridized carbons (Fsp3) is 0.423. The van der Waals surface area contributed by atoms with Gasteiger partial charge in [0.2, 0.25) is 5.95 Å². The van der Waals surface area contributed by atoms with Gasteiger partial charge in [0.05, 0.1) is 6.54 Å². The van der Waals surface area contributed by atoms with E-state index in [1.54, 1.807) is 37.4 Å². The molecule has 37 heavy (non-hydrogen) atoms. The highest BCUT2D eigenvalue weighted by Crippen LogP contribution is 2.34. The van der Waals surface area contributed by atoms with Crippen molar-refractivity contribution in [2.24, 2.45) is 18.9 Å². The molecule has 194 valence electrons. The third kappa shape index (κ3) is 4.34. The van der Waals surface area contributed by atoms with E-state index in [2.05, 4.69) is 4.90 Å². The average Bonchev–Trinajstić information content (AvgIpc) is 3.56. The topological polar surface area (TPSA) is 123 Å². The van der Waals surface area contributed by atoms with Gasteiger partial charge in [-0.05, 0) is 13.8 Å². The fourth-order valence-electron chi connectivity index (χ4n) is 5.36. The van der Waals surface area contributed by atoms with Gasteiger partial charge in [0.15, 0.2) is 16.9 Å². The van der Waals surface area contributed by atoms with E-state index >= 15 is 0 Å². The molecule has 0 aliphatic carbocycles. The van der Waals surface area contributed by atoms with Crippen molar-refractivity contribution in [2.75, 3.05) is 31.1 Å². The molecule has 5 rings (SSSR count). The van der Waals surface area contributed by atoms with E-state index in [0.29, 0.717) is 44.2 Å². The van der Waals surface area contributed by atoms with Gasteiger partial charge in [-0.3, -0.25) is 18.7 Å². The summed E-state index contributed by atoms with van der Waals surface area (Å²) in [6.45, 7) is 6.10. The van der Waals surface area contributed by atoms with Gasteiger partial charge in [-0.1, -0.05) is 42.0 Å². The molecule has 2 atom stereocenters. The Morgan fingerprint density at radius 1 is 1.03 bits per heavy atom. The van der Waals surface area contributed by atoms with Crippen LogP contribution in [0.15, 0.2) is 51.6 Å². The lowest BCUT2D eigenvalue weighted by Crippen LogP contribution is -2.41. The maximum atomic E-state index is 13.7. The van der Waals surface area contributed by atoms with Crippen LogP contribution in [-0.2, 0) is 20.1 Å². The molecule has 2 unspecified atom stereocenters. The number of allylic oxidation sites excluding steroid dienone is 2. The Labute approximate surface area is 212 Å². The van der Waals surface area contributed by atoms with Crippen molar-refractivity contribution in [3.05, 3.63) is 68.4 Å². The van der Waals surface area contributed by atoms with E-state index < -0.39 is 17.3 Å². The summed E-state index contributed by atoms with van der Waals surface area (Å²) in [6.07, 6.45) is 1.08. The second kappa shape index (κ2) is 9.38. The van der Waals surface area contributed by atoms with Gasteiger partial charge in [0, 0.05) is 57.2 Å². The standard InChI is InChI=1S/C26H30N6O5/c1-16(2)9-10-31-21-22(27-24(31)29-11-18-13-30(26(36)37)14-19(18)12-29)28(3)25(35)32(23(21)34)15-20(33)17-7-5-4-6-8-17/h4-9,18-19H,10-15H2,1-3H3,(H,36,37). The smallest absolute Gasteiger partial charge is 0.407 e. The summed E-state index contributed by atoms with van der Waals surface area (Å²) >= 11 is 0. The van der Waals surface area contributed by atoms with Gasteiger partial charge in [-0.2, -0.15) is 4.98 Å². The van der Waals surface area contributed by atoms with Gasteiger partial charge in [-0.15, -0.1) is 0 Å². The zero-order chi connectivity index (χ0) is 26.4. The Morgan fingerprint density at radius 3 is 2.27 bits per heavy atom. The van der Waals surface area contributed by atoms with E-state index in [9.17, 15) is 24.3 Å². The van der Waals surface area contributed by atoms with Crippen molar-refractivity contribution in [1.82, 2.24) is 23.6 Å². The van der Waals surface area contributed by atoms with Crippen molar-refractivity contribution in [3.8, 4) is 0 Å². The largest absolute Gasteiger partial charge is 0.465 e. The predicted octanol–water partition coefficient (Wildman–Crippen LogP) is 1.79. The first-order valence-electron chi connectivity index (χ1n) is 12.3. The minimum absolute atomic E-state index is 0.178. The van der Waals surface area contributed by atoms with Gasteiger partial charge in [-0.25, -0.2) is 9.59 Å². The highest BCUT2D eigenvalue weighted by atomic mass is 16.4. The molecule has 0 radical (unpaired) electrons. The van der Waals surface area contributed by atoms with Crippen LogP contribution in [0.25, 0.3) is 11.2 Å². The molecule has 2 fully saturated rings. The Balaban J connectivity index is 1.58.